The third kappa shape index (κ3) is 2.12. The van der Waals surface area contributed by atoms with Crippen LogP contribution in [0.3, 0.4) is 0 Å². The molecule has 0 fully saturated rings. The SMILES string of the molecule is CNC(C1=CCCCC1)C1CCc2ccccc21. The topological polar surface area (TPSA) is 12.0 Å². The first-order chi connectivity index (χ1) is 8.90. The average Bonchev–Trinajstić information content (AvgIpc) is 2.85. The zero-order chi connectivity index (χ0) is 12.4. The summed E-state index contributed by atoms with van der Waals surface area (Å²) in [7, 11) is 2.13. The Morgan fingerprint density at radius 3 is 2.83 bits per heavy atom. The number of nitrogens with one attached hydrogen (secondary N) is 1. The van der Waals surface area contributed by atoms with Gasteiger partial charge >= 0.3 is 0 Å². The lowest BCUT2D eigenvalue weighted by Crippen LogP contribution is -2.33. The number of allylic oxidation sites excluding steroid dienone is 1. The van der Waals surface area contributed by atoms with E-state index in [0.29, 0.717) is 12.0 Å². The molecule has 2 aliphatic carbocycles. The minimum atomic E-state index is 0.564. The first kappa shape index (κ1) is 12.0. The number of hydrogen-bond donors (Lipinski definition) is 1. The van der Waals surface area contributed by atoms with Crippen molar-refractivity contribution in [2.24, 2.45) is 0 Å². The highest BCUT2D eigenvalue weighted by atomic mass is 14.9. The van der Waals surface area contributed by atoms with Gasteiger partial charge in [0.05, 0.1) is 0 Å². The van der Waals surface area contributed by atoms with E-state index >= 15 is 0 Å². The van der Waals surface area contributed by atoms with Gasteiger partial charge in [-0.25, -0.2) is 0 Å². The molecule has 96 valence electrons. The number of aryl methyl sites for hydroxylation is 1. The van der Waals surface area contributed by atoms with Crippen molar-refractivity contribution in [3.8, 4) is 0 Å². The summed E-state index contributed by atoms with van der Waals surface area (Å²) in [5.74, 6) is 0.690. The van der Waals surface area contributed by atoms with Crippen LogP contribution < -0.4 is 5.32 Å². The average molecular weight is 241 g/mol. The van der Waals surface area contributed by atoms with Crippen LogP contribution in [-0.2, 0) is 6.42 Å². The van der Waals surface area contributed by atoms with Crippen molar-refractivity contribution in [1.82, 2.24) is 5.32 Å². The Labute approximate surface area is 110 Å². The molecule has 2 unspecified atom stereocenters. The molecule has 2 atom stereocenters. The molecule has 1 heteroatoms. The van der Waals surface area contributed by atoms with Crippen molar-refractivity contribution >= 4 is 0 Å². The lowest BCUT2D eigenvalue weighted by molar-refractivity contribution is 0.483. The molecule has 0 saturated carbocycles. The minimum absolute atomic E-state index is 0.564. The van der Waals surface area contributed by atoms with Crippen LogP contribution in [0.25, 0.3) is 0 Å². The molecule has 0 aliphatic heterocycles. The van der Waals surface area contributed by atoms with Gasteiger partial charge in [0.1, 0.15) is 0 Å². The standard InChI is InChI=1S/C17H23N/c1-18-17(14-8-3-2-4-9-14)16-12-11-13-7-5-6-10-15(13)16/h5-8,10,16-18H,2-4,9,11-12H2,1H3. The Morgan fingerprint density at radius 2 is 2.06 bits per heavy atom. The van der Waals surface area contributed by atoms with Gasteiger partial charge in [-0.2, -0.15) is 0 Å². The minimum Gasteiger partial charge on any atom is -0.313 e. The molecule has 3 rings (SSSR count). The lowest BCUT2D eigenvalue weighted by atomic mass is 9.83. The fraction of sp³-hybridized carbons (Fsp3) is 0.529. The Hall–Kier alpha value is -1.08. The number of hydrogen-bond acceptors (Lipinski definition) is 1. The maximum Gasteiger partial charge on any atom is 0.0346 e. The third-order valence-corrected chi connectivity index (χ3v) is 4.62. The van der Waals surface area contributed by atoms with Gasteiger partial charge in [-0.3, -0.25) is 0 Å². The molecule has 1 nitrogen and oxygen atoms in total. The number of likely N-dealkylation sites (N-methyl/N-ethyl adjacent to an activating group) is 1. The van der Waals surface area contributed by atoms with E-state index in [9.17, 15) is 0 Å². The maximum atomic E-state index is 3.59. The van der Waals surface area contributed by atoms with Crippen molar-refractivity contribution in [3.63, 3.8) is 0 Å². The first-order valence-corrected chi connectivity index (χ1v) is 7.34. The fourth-order valence-electron chi connectivity index (χ4n) is 3.73. The molecule has 18 heavy (non-hydrogen) atoms. The summed E-state index contributed by atoms with van der Waals surface area (Å²) in [4.78, 5) is 0. The van der Waals surface area contributed by atoms with E-state index in [-0.39, 0.29) is 0 Å². The number of benzene rings is 1. The highest BCUT2D eigenvalue weighted by Gasteiger charge is 2.30. The van der Waals surface area contributed by atoms with Crippen LogP contribution in [0, 0.1) is 0 Å². The van der Waals surface area contributed by atoms with Crippen molar-refractivity contribution in [2.75, 3.05) is 7.05 Å². The van der Waals surface area contributed by atoms with Gasteiger partial charge in [0.15, 0.2) is 0 Å². The lowest BCUT2D eigenvalue weighted by Gasteiger charge is -2.29. The van der Waals surface area contributed by atoms with Crippen molar-refractivity contribution < 1.29 is 0 Å². The van der Waals surface area contributed by atoms with Gasteiger partial charge in [-0.15, -0.1) is 0 Å². The zero-order valence-corrected chi connectivity index (χ0v) is 11.3. The monoisotopic (exact) mass is 241 g/mol. The summed E-state index contributed by atoms with van der Waals surface area (Å²) in [6, 6.07) is 9.57. The normalized spacial score (nSPS) is 24.5. The van der Waals surface area contributed by atoms with E-state index in [1.165, 1.54) is 38.5 Å². The van der Waals surface area contributed by atoms with Crippen LogP contribution >= 0.6 is 0 Å². The quantitative estimate of drug-likeness (QED) is 0.794. The molecule has 1 N–H and O–H groups in total. The summed E-state index contributed by atoms with van der Waals surface area (Å²) in [5.41, 5.74) is 4.81. The molecule has 1 aromatic rings. The van der Waals surface area contributed by atoms with Gasteiger partial charge in [-0.05, 0) is 56.7 Å². The van der Waals surface area contributed by atoms with Crippen LogP contribution in [0.1, 0.15) is 49.1 Å². The molecule has 1 aromatic carbocycles. The Bertz CT molecular complexity index is 447. The van der Waals surface area contributed by atoms with Crippen LogP contribution in [0.4, 0.5) is 0 Å². The molecule has 0 spiro atoms. The highest BCUT2D eigenvalue weighted by Crippen LogP contribution is 2.39. The van der Waals surface area contributed by atoms with Crippen LogP contribution in [0.5, 0.6) is 0 Å². The largest absolute Gasteiger partial charge is 0.313 e. The van der Waals surface area contributed by atoms with E-state index in [1.54, 1.807) is 16.7 Å². The summed E-state index contributed by atoms with van der Waals surface area (Å²) in [6.07, 6.45) is 10.4. The fourth-order valence-corrected chi connectivity index (χ4v) is 3.73. The Morgan fingerprint density at radius 1 is 1.17 bits per heavy atom. The van der Waals surface area contributed by atoms with E-state index < -0.39 is 0 Å². The molecule has 0 aromatic heterocycles. The second kappa shape index (κ2) is 5.27. The second-order valence-corrected chi connectivity index (χ2v) is 5.64. The van der Waals surface area contributed by atoms with Crippen LogP contribution in [-0.4, -0.2) is 13.1 Å². The van der Waals surface area contributed by atoms with E-state index in [1.807, 2.05) is 0 Å². The van der Waals surface area contributed by atoms with Crippen molar-refractivity contribution in [1.29, 1.82) is 0 Å². The number of rotatable bonds is 3. The summed E-state index contributed by atoms with van der Waals surface area (Å²) >= 11 is 0. The second-order valence-electron chi connectivity index (χ2n) is 5.64. The predicted octanol–water partition coefficient (Wildman–Crippen LogP) is 3.80. The zero-order valence-electron chi connectivity index (χ0n) is 11.3. The summed E-state index contributed by atoms with van der Waals surface area (Å²) < 4.78 is 0. The maximum absolute atomic E-state index is 3.59. The molecular weight excluding hydrogens is 218 g/mol. The van der Waals surface area contributed by atoms with Crippen LogP contribution in [0.15, 0.2) is 35.9 Å². The molecule has 2 aliphatic rings. The Balaban J connectivity index is 1.87. The first-order valence-electron chi connectivity index (χ1n) is 7.34. The van der Waals surface area contributed by atoms with Crippen molar-refractivity contribution in [3.05, 3.63) is 47.0 Å². The van der Waals surface area contributed by atoms with Gasteiger partial charge in [0, 0.05) is 12.0 Å². The predicted molar refractivity (Wildman–Crippen MR) is 76.9 cm³/mol. The molecule has 0 saturated heterocycles. The van der Waals surface area contributed by atoms with Crippen molar-refractivity contribution in [2.45, 2.75) is 50.5 Å². The smallest absolute Gasteiger partial charge is 0.0346 e. The van der Waals surface area contributed by atoms with E-state index in [4.69, 9.17) is 0 Å². The Kier molecular flexibility index (Phi) is 3.51. The summed E-state index contributed by atoms with van der Waals surface area (Å²) in [6.45, 7) is 0. The van der Waals surface area contributed by atoms with Gasteiger partial charge in [0.2, 0.25) is 0 Å². The molecule has 0 heterocycles. The van der Waals surface area contributed by atoms with Gasteiger partial charge in [-0.1, -0.05) is 35.9 Å². The van der Waals surface area contributed by atoms with E-state index in [0.717, 1.165) is 0 Å². The van der Waals surface area contributed by atoms with E-state index in [2.05, 4.69) is 42.7 Å². The third-order valence-electron chi connectivity index (χ3n) is 4.62. The number of fused-ring (bicyclic) bond motifs is 1. The van der Waals surface area contributed by atoms with Gasteiger partial charge in [0.25, 0.3) is 0 Å². The van der Waals surface area contributed by atoms with Gasteiger partial charge < -0.3 is 5.32 Å². The summed E-state index contributed by atoms with van der Waals surface area (Å²) in [5, 5.41) is 3.59. The van der Waals surface area contributed by atoms with Crippen LogP contribution in [0.2, 0.25) is 0 Å². The molecule has 0 bridgehead atoms. The molecule has 0 radical (unpaired) electrons. The molecular formula is C17H23N. The molecule has 0 amide bonds. The highest BCUT2D eigenvalue weighted by molar-refractivity contribution is 5.38.